The molecule has 2 heterocycles. The van der Waals surface area contributed by atoms with Crippen LogP contribution in [-0.4, -0.2) is 47.6 Å². The quantitative estimate of drug-likeness (QED) is 0.762. The Kier molecular flexibility index (Phi) is 4.24. The first kappa shape index (κ1) is 17.1. The van der Waals surface area contributed by atoms with Crippen LogP contribution in [0.2, 0.25) is 5.02 Å². The average molecular weight is 351 g/mol. The van der Waals surface area contributed by atoms with Crippen LogP contribution in [0.3, 0.4) is 0 Å². The van der Waals surface area contributed by atoms with Gasteiger partial charge in [0.2, 0.25) is 0 Å². The number of fused-ring (bicyclic) bond motifs is 2. The lowest BCUT2D eigenvalue weighted by molar-refractivity contribution is 0.0214. The first-order chi connectivity index (χ1) is 11.2. The lowest BCUT2D eigenvalue weighted by atomic mass is 10.1. The summed E-state index contributed by atoms with van der Waals surface area (Å²) >= 11 is 6.22. The third-order valence-corrected chi connectivity index (χ3v) is 4.84. The molecular weight excluding hydrogens is 328 g/mol. The molecule has 2 fully saturated rings. The van der Waals surface area contributed by atoms with E-state index in [1.54, 1.807) is 6.07 Å². The summed E-state index contributed by atoms with van der Waals surface area (Å²) in [4.78, 5) is 27.9. The van der Waals surface area contributed by atoms with E-state index in [4.69, 9.17) is 16.3 Å². The molecule has 6 heteroatoms. The summed E-state index contributed by atoms with van der Waals surface area (Å²) in [6.45, 7) is 8.57. The van der Waals surface area contributed by atoms with Gasteiger partial charge >= 0.3 is 6.09 Å². The number of rotatable bonds is 2. The molecule has 3 rings (SSSR count). The van der Waals surface area contributed by atoms with Gasteiger partial charge in [-0.25, -0.2) is 4.79 Å². The summed E-state index contributed by atoms with van der Waals surface area (Å²) in [5, 5.41) is 0.478. The Morgan fingerprint density at radius 2 is 1.92 bits per heavy atom. The predicted molar refractivity (Wildman–Crippen MR) is 93.9 cm³/mol. The molecule has 2 aliphatic heterocycles. The van der Waals surface area contributed by atoms with Crippen LogP contribution in [0.15, 0.2) is 18.2 Å². The first-order valence-electron chi connectivity index (χ1n) is 8.22. The summed E-state index contributed by atoms with van der Waals surface area (Å²) < 4.78 is 5.49. The zero-order valence-corrected chi connectivity index (χ0v) is 15.3. The molecule has 130 valence electrons. The highest BCUT2D eigenvalue weighted by Gasteiger charge is 2.46. The van der Waals surface area contributed by atoms with Crippen LogP contribution in [0.1, 0.15) is 44.5 Å². The molecule has 2 bridgehead atoms. The second-order valence-electron chi connectivity index (χ2n) is 7.55. The topological polar surface area (TPSA) is 49.9 Å². The van der Waals surface area contributed by atoms with Gasteiger partial charge in [-0.1, -0.05) is 11.6 Å². The minimum absolute atomic E-state index is 0.0365. The third-order valence-electron chi connectivity index (χ3n) is 4.53. The third kappa shape index (κ3) is 3.22. The minimum Gasteiger partial charge on any atom is -0.444 e. The number of halogens is 1. The van der Waals surface area contributed by atoms with E-state index in [2.05, 4.69) is 4.90 Å². The molecule has 1 aromatic carbocycles. The van der Waals surface area contributed by atoms with E-state index in [0.29, 0.717) is 17.1 Å². The molecular formula is C18H23ClN2O3. The number of carbonyl (C=O) groups is 2. The van der Waals surface area contributed by atoms with Gasteiger partial charge in [0.15, 0.2) is 5.78 Å². The first-order valence-corrected chi connectivity index (χ1v) is 8.60. The number of ketones is 1. The highest BCUT2D eigenvalue weighted by Crippen LogP contribution is 2.36. The second kappa shape index (κ2) is 5.96. The number of hydrogen-bond acceptors (Lipinski definition) is 4. The Labute approximate surface area is 147 Å². The van der Waals surface area contributed by atoms with Crippen LogP contribution < -0.4 is 4.90 Å². The molecule has 5 nitrogen and oxygen atoms in total. The normalized spacial score (nSPS) is 22.9. The van der Waals surface area contributed by atoms with Gasteiger partial charge in [0.25, 0.3) is 0 Å². The van der Waals surface area contributed by atoms with Crippen molar-refractivity contribution in [1.82, 2.24) is 4.90 Å². The van der Waals surface area contributed by atoms with Crippen molar-refractivity contribution in [3.05, 3.63) is 28.8 Å². The molecule has 1 aromatic rings. The number of likely N-dealkylation sites (tertiary alicyclic amines) is 1. The summed E-state index contributed by atoms with van der Waals surface area (Å²) in [7, 11) is 0. The number of hydrogen-bond donors (Lipinski definition) is 0. The molecule has 2 aliphatic rings. The van der Waals surface area contributed by atoms with Crippen LogP contribution in [0.25, 0.3) is 0 Å². The molecule has 0 unspecified atom stereocenters. The Bertz CT molecular complexity index is 683. The molecule has 0 saturated carbocycles. The molecule has 24 heavy (non-hydrogen) atoms. The number of anilines is 1. The lowest BCUT2D eigenvalue weighted by Crippen LogP contribution is -2.50. The van der Waals surface area contributed by atoms with Crippen molar-refractivity contribution >= 4 is 29.2 Å². The van der Waals surface area contributed by atoms with Crippen molar-refractivity contribution < 1.29 is 14.3 Å². The van der Waals surface area contributed by atoms with Crippen molar-refractivity contribution in [1.29, 1.82) is 0 Å². The van der Waals surface area contributed by atoms with Crippen molar-refractivity contribution in [2.24, 2.45) is 0 Å². The van der Waals surface area contributed by atoms with E-state index >= 15 is 0 Å². The molecule has 0 aliphatic carbocycles. The molecule has 0 spiro atoms. The van der Waals surface area contributed by atoms with Crippen molar-refractivity contribution in [3.63, 3.8) is 0 Å². The van der Waals surface area contributed by atoms with Gasteiger partial charge in [-0.2, -0.15) is 0 Å². The highest BCUT2D eigenvalue weighted by molar-refractivity contribution is 6.34. The fourth-order valence-electron chi connectivity index (χ4n) is 3.50. The molecule has 0 radical (unpaired) electrons. The molecule has 2 saturated heterocycles. The van der Waals surface area contributed by atoms with Crippen LogP contribution in [0.4, 0.5) is 10.5 Å². The second-order valence-corrected chi connectivity index (χ2v) is 7.96. The maximum Gasteiger partial charge on any atom is 0.410 e. The SMILES string of the molecule is CC(=O)c1ccc(N2C[C@@H]3C[C@H]2CN3C(=O)OC(C)(C)C)cc1Cl. The number of carbonyl (C=O) groups excluding carboxylic acids is 2. The molecule has 0 N–H and O–H groups in total. The maximum atomic E-state index is 12.3. The monoisotopic (exact) mass is 350 g/mol. The van der Waals surface area contributed by atoms with E-state index in [1.807, 2.05) is 37.8 Å². The van der Waals surface area contributed by atoms with Crippen LogP contribution in [-0.2, 0) is 4.74 Å². The summed E-state index contributed by atoms with van der Waals surface area (Å²) in [5.41, 5.74) is 1.07. The zero-order valence-electron chi connectivity index (χ0n) is 14.5. The summed E-state index contributed by atoms with van der Waals surface area (Å²) in [6.07, 6.45) is 0.699. The van der Waals surface area contributed by atoms with E-state index in [0.717, 1.165) is 18.7 Å². The Balaban J connectivity index is 1.71. The van der Waals surface area contributed by atoms with Crippen LogP contribution in [0, 0.1) is 0 Å². The number of ether oxygens (including phenoxy) is 1. The number of benzene rings is 1. The fourth-order valence-corrected chi connectivity index (χ4v) is 3.80. The fraction of sp³-hybridized carbons (Fsp3) is 0.556. The van der Waals surface area contributed by atoms with Gasteiger partial charge in [0.05, 0.1) is 11.1 Å². The van der Waals surface area contributed by atoms with Gasteiger partial charge in [0.1, 0.15) is 5.60 Å². The molecule has 0 aromatic heterocycles. The Hall–Kier alpha value is -1.75. The van der Waals surface area contributed by atoms with E-state index in [1.165, 1.54) is 6.92 Å². The number of piperazine rings is 1. The average Bonchev–Trinajstić information content (AvgIpc) is 3.04. The Morgan fingerprint density at radius 3 is 2.42 bits per heavy atom. The van der Waals surface area contributed by atoms with Crippen molar-refractivity contribution in [2.75, 3.05) is 18.0 Å². The predicted octanol–water partition coefficient (Wildman–Crippen LogP) is 3.74. The Morgan fingerprint density at radius 1 is 1.21 bits per heavy atom. The molecule has 1 amide bonds. The summed E-state index contributed by atoms with van der Waals surface area (Å²) in [5.74, 6) is -0.0365. The van der Waals surface area contributed by atoms with Gasteiger partial charge in [-0.05, 0) is 52.3 Å². The van der Waals surface area contributed by atoms with Gasteiger partial charge in [-0.15, -0.1) is 0 Å². The summed E-state index contributed by atoms with van der Waals surface area (Å²) in [6, 6.07) is 5.98. The molecule has 2 atom stereocenters. The van der Waals surface area contributed by atoms with Crippen LogP contribution in [0.5, 0.6) is 0 Å². The lowest BCUT2D eigenvalue weighted by Gasteiger charge is -2.36. The number of nitrogens with zero attached hydrogens (tertiary/aromatic N) is 2. The maximum absolute atomic E-state index is 12.3. The van der Waals surface area contributed by atoms with Gasteiger partial charge in [0, 0.05) is 30.4 Å². The number of Topliss-reactive ketones (excluding diaryl/α,β-unsaturated/α-hetero) is 1. The number of amides is 1. The highest BCUT2D eigenvalue weighted by atomic mass is 35.5. The van der Waals surface area contributed by atoms with Crippen molar-refractivity contribution in [3.8, 4) is 0 Å². The van der Waals surface area contributed by atoms with E-state index in [9.17, 15) is 9.59 Å². The van der Waals surface area contributed by atoms with Crippen molar-refractivity contribution in [2.45, 2.75) is 51.8 Å². The van der Waals surface area contributed by atoms with Crippen LogP contribution >= 0.6 is 11.6 Å². The standard InChI is InChI=1S/C18H23ClN2O3/c1-11(22)15-6-5-12(8-16(15)19)20-9-14-7-13(20)10-21(14)17(23)24-18(2,3)4/h5-6,8,13-14H,7,9-10H2,1-4H3/t13-,14-/m0/s1. The minimum atomic E-state index is -0.478. The van der Waals surface area contributed by atoms with Gasteiger partial charge < -0.3 is 14.5 Å². The van der Waals surface area contributed by atoms with E-state index in [-0.39, 0.29) is 24.0 Å². The van der Waals surface area contributed by atoms with Gasteiger partial charge in [-0.3, -0.25) is 4.79 Å². The smallest absolute Gasteiger partial charge is 0.410 e. The van der Waals surface area contributed by atoms with E-state index < -0.39 is 5.60 Å². The largest absolute Gasteiger partial charge is 0.444 e. The zero-order chi connectivity index (χ0) is 17.6.